The van der Waals surface area contributed by atoms with Crippen molar-refractivity contribution in [2.45, 2.75) is 45.6 Å². The highest BCUT2D eigenvalue weighted by atomic mass is 15.3. The van der Waals surface area contributed by atoms with Crippen LogP contribution in [-0.4, -0.2) is 50.8 Å². The third kappa shape index (κ3) is 3.72. The molecule has 0 amide bonds. The molecule has 2 aromatic carbocycles. The van der Waals surface area contributed by atoms with Crippen LogP contribution >= 0.6 is 0 Å². The minimum absolute atomic E-state index is 0.667. The molecule has 0 spiro atoms. The minimum Gasteiger partial charge on any atom is -0.362 e. The Balaban J connectivity index is 1.06. The van der Waals surface area contributed by atoms with E-state index in [-0.39, 0.29) is 0 Å². The number of aryl methyl sites for hydroxylation is 2. The summed E-state index contributed by atoms with van der Waals surface area (Å²) in [5, 5.41) is 10.2. The molecule has 6 rings (SSSR count). The molecular formula is C27H32N6. The lowest BCUT2D eigenvalue weighted by Crippen LogP contribution is -2.36. The number of para-hydroxylation sites is 2. The van der Waals surface area contributed by atoms with Crippen molar-refractivity contribution in [3.8, 4) is 5.69 Å². The van der Waals surface area contributed by atoms with Gasteiger partial charge in [0.05, 0.1) is 17.9 Å². The molecule has 2 aliphatic heterocycles. The zero-order valence-corrected chi connectivity index (χ0v) is 19.6. The fourth-order valence-electron chi connectivity index (χ4n) is 5.74. The van der Waals surface area contributed by atoms with Crippen molar-refractivity contribution in [1.82, 2.24) is 24.6 Å². The molecule has 1 N–H and O–H groups in total. The first-order chi connectivity index (χ1) is 16.2. The molecule has 170 valence electrons. The van der Waals surface area contributed by atoms with Crippen molar-refractivity contribution >= 4 is 16.6 Å². The second-order valence-corrected chi connectivity index (χ2v) is 9.67. The molecular weight excluding hydrogens is 408 g/mol. The third-order valence-corrected chi connectivity index (χ3v) is 7.49. The Morgan fingerprint density at radius 3 is 2.64 bits per heavy atom. The van der Waals surface area contributed by atoms with Gasteiger partial charge in [-0.25, -0.2) is 0 Å². The monoisotopic (exact) mass is 440 g/mol. The summed E-state index contributed by atoms with van der Waals surface area (Å²) in [5.41, 5.74) is 6.62. The molecule has 4 heterocycles. The van der Waals surface area contributed by atoms with Crippen molar-refractivity contribution in [3.05, 3.63) is 71.4 Å². The van der Waals surface area contributed by atoms with Crippen molar-refractivity contribution in [3.63, 3.8) is 0 Å². The van der Waals surface area contributed by atoms with Crippen molar-refractivity contribution in [2.75, 3.05) is 31.1 Å². The van der Waals surface area contributed by atoms with Crippen LogP contribution in [0, 0.1) is 13.8 Å². The SMILES string of the molecule is Cc1ccc2[nH]cc(C3CCN(CCCN4Cc5nnc(C)n5-c5ccccc54)CC3)c2c1. The van der Waals surface area contributed by atoms with Crippen LogP contribution in [0.3, 0.4) is 0 Å². The number of aromatic nitrogens is 4. The van der Waals surface area contributed by atoms with E-state index >= 15 is 0 Å². The van der Waals surface area contributed by atoms with E-state index in [0.29, 0.717) is 5.92 Å². The molecule has 0 atom stereocenters. The first-order valence-corrected chi connectivity index (χ1v) is 12.2. The van der Waals surface area contributed by atoms with Gasteiger partial charge in [0.25, 0.3) is 0 Å². The number of hydrogen-bond donors (Lipinski definition) is 1. The van der Waals surface area contributed by atoms with Gasteiger partial charge in [0.15, 0.2) is 5.82 Å². The van der Waals surface area contributed by atoms with E-state index in [1.165, 1.54) is 65.8 Å². The predicted molar refractivity (Wildman–Crippen MR) is 133 cm³/mol. The Bertz CT molecular complexity index is 1280. The Morgan fingerprint density at radius 1 is 0.970 bits per heavy atom. The Kier molecular flexibility index (Phi) is 5.18. The highest BCUT2D eigenvalue weighted by Gasteiger charge is 2.26. The number of likely N-dealkylation sites (tertiary alicyclic amines) is 1. The number of nitrogens with one attached hydrogen (secondary N) is 1. The number of benzene rings is 2. The molecule has 2 aromatic heterocycles. The third-order valence-electron chi connectivity index (χ3n) is 7.49. The first-order valence-electron chi connectivity index (χ1n) is 12.2. The van der Waals surface area contributed by atoms with Crippen LogP contribution in [0.25, 0.3) is 16.6 Å². The second-order valence-electron chi connectivity index (χ2n) is 9.67. The number of fused-ring (bicyclic) bond motifs is 4. The van der Waals surface area contributed by atoms with Gasteiger partial charge in [-0.1, -0.05) is 23.8 Å². The van der Waals surface area contributed by atoms with E-state index in [4.69, 9.17) is 0 Å². The standard InChI is InChI=1S/C27H32N6/c1-19-8-9-24-22(16-19)23(17-28-24)21-10-14-31(15-11-21)12-5-13-32-18-27-30-29-20(2)33(27)26-7-4-3-6-25(26)32/h3-4,6-9,16-17,21,28H,5,10-15,18H2,1-2H3. The summed E-state index contributed by atoms with van der Waals surface area (Å²) in [5.74, 6) is 2.67. The summed E-state index contributed by atoms with van der Waals surface area (Å²) in [4.78, 5) is 8.60. The normalized spacial score (nSPS) is 16.8. The van der Waals surface area contributed by atoms with Crippen LogP contribution in [0.1, 0.15) is 48.0 Å². The van der Waals surface area contributed by atoms with Crippen LogP contribution < -0.4 is 4.90 Å². The fraction of sp³-hybridized carbons (Fsp3) is 0.407. The fourth-order valence-corrected chi connectivity index (χ4v) is 5.74. The number of piperidine rings is 1. The number of hydrogen-bond acceptors (Lipinski definition) is 4. The van der Waals surface area contributed by atoms with Crippen molar-refractivity contribution < 1.29 is 0 Å². The quantitative estimate of drug-likeness (QED) is 0.477. The van der Waals surface area contributed by atoms with Crippen molar-refractivity contribution in [1.29, 1.82) is 0 Å². The minimum atomic E-state index is 0.667. The maximum atomic E-state index is 4.42. The molecule has 6 heteroatoms. The topological polar surface area (TPSA) is 53.0 Å². The zero-order chi connectivity index (χ0) is 22.4. The molecule has 0 radical (unpaired) electrons. The van der Waals surface area contributed by atoms with Gasteiger partial charge in [-0.3, -0.25) is 4.57 Å². The van der Waals surface area contributed by atoms with E-state index in [1.807, 2.05) is 6.92 Å². The van der Waals surface area contributed by atoms with Crippen LogP contribution in [0.4, 0.5) is 5.69 Å². The van der Waals surface area contributed by atoms with Gasteiger partial charge >= 0.3 is 0 Å². The summed E-state index contributed by atoms with van der Waals surface area (Å²) in [6.45, 7) is 9.63. The summed E-state index contributed by atoms with van der Waals surface area (Å²) in [6, 6.07) is 15.4. The maximum absolute atomic E-state index is 4.42. The smallest absolute Gasteiger partial charge is 0.157 e. The molecule has 2 aliphatic rings. The summed E-state index contributed by atoms with van der Waals surface area (Å²) >= 11 is 0. The maximum Gasteiger partial charge on any atom is 0.157 e. The van der Waals surface area contributed by atoms with E-state index in [0.717, 1.165) is 31.3 Å². The van der Waals surface area contributed by atoms with E-state index in [9.17, 15) is 0 Å². The van der Waals surface area contributed by atoms with E-state index < -0.39 is 0 Å². The largest absolute Gasteiger partial charge is 0.362 e. The average molecular weight is 441 g/mol. The van der Waals surface area contributed by atoms with E-state index in [2.05, 4.69) is 85.1 Å². The number of H-pyrrole nitrogens is 1. The molecule has 6 nitrogen and oxygen atoms in total. The van der Waals surface area contributed by atoms with Gasteiger partial charge in [0.1, 0.15) is 5.82 Å². The van der Waals surface area contributed by atoms with Crippen LogP contribution in [0.15, 0.2) is 48.7 Å². The summed E-state index contributed by atoms with van der Waals surface area (Å²) < 4.78 is 2.20. The molecule has 0 unspecified atom stereocenters. The zero-order valence-electron chi connectivity index (χ0n) is 19.6. The lowest BCUT2D eigenvalue weighted by atomic mass is 9.89. The van der Waals surface area contributed by atoms with Crippen LogP contribution in [0.5, 0.6) is 0 Å². The summed E-state index contributed by atoms with van der Waals surface area (Å²) in [6.07, 6.45) is 5.91. The molecule has 1 saturated heterocycles. The Hall–Kier alpha value is -3.12. The van der Waals surface area contributed by atoms with E-state index in [1.54, 1.807) is 0 Å². The van der Waals surface area contributed by atoms with Crippen LogP contribution in [0.2, 0.25) is 0 Å². The predicted octanol–water partition coefficient (Wildman–Crippen LogP) is 4.96. The van der Waals surface area contributed by atoms with Crippen molar-refractivity contribution in [2.24, 2.45) is 0 Å². The Morgan fingerprint density at radius 2 is 1.79 bits per heavy atom. The van der Waals surface area contributed by atoms with Crippen LogP contribution in [-0.2, 0) is 6.54 Å². The highest BCUT2D eigenvalue weighted by molar-refractivity contribution is 5.84. The first kappa shape index (κ1) is 20.5. The molecule has 0 saturated carbocycles. The van der Waals surface area contributed by atoms with Gasteiger partial charge in [0.2, 0.25) is 0 Å². The molecule has 33 heavy (non-hydrogen) atoms. The molecule has 0 bridgehead atoms. The highest BCUT2D eigenvalue weighted by Crippen LogP contribution is 2.34. The molecule has 1 fully saturated rings. The lowest BCUT2D eigenvalue weighted by Gasteiger charge is -2.34. The van der Waals surface area contributed by atoms with Gasteiger partial charge in [0, 0.05) is 23.6 Å². The lowest BCUT2D eigenvalue weighted by molar-refractivity contribution is 0.211. The summed E-state index contributed by atoms with van der Waals surface area (Å²) in [7, 11) is 0. The average Bonchev–Trinajstić information content (AvgIpc) is 3.43. The molecule has 0 aliphatic carbocycles. The van der Waals surface area contributed by atoms with Gasteiger partial charge in [-0.2, -0.15) is 0 Å². The number of anilines is 1. The Labute approximate surface area is 195 Å². The van der Waals surface area contributed by atoms with Gasteiger partial charge in [-0.05, 0) is 88.5 Å². The molecule has 4 aromatic rings. The number of nitrogens with zero attached hydrogens (tertiary/aromatic N) is 5. The van der Waals surface area contributed by atoms with Gasteiger partial charge in [-0.15, -0.1) is 10.2 Å². The second kappa shape index (κ2) is 8.34. The van der Waals surface area contributed by atoms with Gasteiger partial charge < -0.3 is 14.8 Å². The number of rotatable bonds is 5. The number of aromatic amines is 1.